The maximum atomic E-state index is 12.9. The summed E-state index contributed by atoms with van der Waals surface area (Å²) in [5, 5.41) is 12.4. The summed E-state index contributed by atoms with van der Waals surface area (Å²) in [5.41, 5.74) is 3.06. The van der Waals surface area contributed by atoms with Gasteiger partial charge in [0.05, 0.1) is 28.3 Å². The van der Waals surface area contributed by atoms with Crippen molar-refractivity contribution in [1.29, 1.82) is 0 Å². The molecule has 0 spiro atoms. The van der Waals surface area contributed by atoms with Crippen LogP contribution in [0.4, 0.5) is 14.8 Å². The van der Waals surface area contributed by atoms with Crippen LogP contribution in [0.5, 0.6) is 0 Å². The van der Waals surface area contributed by atoms with E-state index in [-0.39, 0.29) is 6.01 Å². The molecule has 0 amide bonds. The van der Waals surface area contributed by atoms with Crippen LogP contribution in [-0.4, -0.2) is 36.3 Å². The quantitative estimate of drug-likeness (QED) is 0.577. The number of anilines is 1. The van der Waals surface area contributed by atoms with Gasteiger partial charge in [-0.1, -0.05) is 16.7 Å². The summed E-state index contributed by atoms with van der Waals surface area (Å²) in [4.78, 5) is 9.25. The zero-order valence-corrected chi connectivity index (χ0v) is 14.4. The molecule has 5 heterocycles. The highest BCUT2D eigenvalue weighted by atomic mass is 35.5. The first-order valence-electron chi connectivity index (χ1n) is 8.16. The smallest absolute Gasteiger partial charge is 0.319 e. The number of imidazole rings is 1. The Hall–Kier alpha value is -3.01. The normalized spacial score (nSPS) is 17.0. The Labute approximate surface area is 155 Å². The minimum Gasteiger partial charge on any atom is -0.402 e. The third kappa shape index (κ3) is 2.55. The molecule has 1 atom stereocenters. The minimum absolute atomic E-state index is 0.00658. The maximum absolute atomic E-state index is 12.9. The van der Waals surface area contributed by atoms with Crippen LogP contribution in [-0.2, 0) is 6.42 Å². The molecule has 0 radical (unpaired) electrons. The van der Waals surface area contributed by atoms with Crippen LogP contribution in [0.15, 0.2) is 35.1 Å². The Morgan fingerprint density at radius 1 is 1.33 bits per heavy atom. The molecular formula is C16H12ClF2N7O. The van der Waals surface area contributed by atoms with E-state index in [4.69, 9.17) is 16.0 Å². The average molecular weight is 392 g/mol. The Bertz CT molecular complexity index is 1120. The van der Waals surface area contributed by atoms with Crippen LogP contribution in [0.25, 0.3) is 5.52 Å². The van der Waals surface area contributed by atoms with E-state index >= 15 is 0 Å². The standard InChI is InChI=1S/C16H12ClF2N7O/c17-8-2-1-4-26-11(8)6-10(24-26)13-12-9(20-7-21-12)3-5-25(13)16-23-22-15(27-16)14(18)19/h1-2,4,6-7,13-14H,3,5H2,(H,20,21)/t13-/m1/s1. The van der Waals surface area contributed by atoms with Crippen LogP contribution < -0.4 is 4.90 Å². The number of rotatable bonds is 3. The average Bonchev–Trinajstić information content (AvgIpc) is 3.39. The van der Waals surface area contributed by atoms with Gasteiger partial charge in [0, 0.05) is 24.9 Å². The minimum atomic E-state index is -2.83. The molecule has 0 bridgehead atoms. The van der Waals surface area contributed by atoms with Crippen molar-refractivity contribution in [2.75, 3.05) is 11.4 Å². The number of fused-ring (bicyclic) bond motifs is 2. The molecule has 5 rings (SSSR count). The zero-order valence-electron chi connectivity index (χ0n) is 13.7. The number of halogens is 3. The summed E-state index contributed by atoms with van der Waals surface area (Å²) in [7, 11) is 0. The van der Waals surface area contributed by atoms with E-state index in [2.05, 4.69) is 25.3 Å². The van der Waals surface area contributed by atoms with Gasteiger partial charge in [0.2, 0.25) is 0 Å². The first kappa shape index (κ1) is 16.2. The number of H-pyrrole nitrogens is 1. The zero-order chi connectivity index (χ0) is 18.5. The van der Waals surface area contributed by atoms with Crippen molar-refractivity contribution in [3.63, 3.8) is 0 Å². The Kier molecular flexibility index (Phi) is 3.61. The molecule has 11 heteroatoms. The van der Waals surface area contributed by atoms with Crippen molar-refractivity contribution in [3.8, 4) is 0 Å². The fourth-order valence-corrected chi connectivity index (χ4v) is 3.56. The monoisotopic (exact) mass is 391 g/mol. The van der Waals surface area contributed by atoms with Crippen LogP contribution in [0.1, 0.15) is 35.4 Å². The Balaban J connectivity index is 1.65. The predicted molar refractivity (Wildman–Crippen MR) is 90.9 cm³/mol. The number of hydrogen-bond acceptors (Lipinski definition) is 6. The van der Waals surface area contributed by atoms with Gasteiger partial charge >= 0.3 is 12.4 Å². The fourth-order valence-electron chi connectivity index (χ4n) is 3.35. The summed E-state index contributed by atoms with van der Waals surface area (Å²) in [6.45, 7) is 0.479. The highest BCUT2D eigenvalue weighted by molar-refractivity contribution is 6.33. The van der Waals surface area contributed by atoms with E-state index < -0.39 is 18.4 Å². The van der Waals surface area contributed by atoms with Crippen molar-refractivity contribution in [2.24, 2.45) is 0 Å². The van der Waals surface area contributed by atoms with E-state index in [1.165, 1.54) is 0 Å². The molecule has 1 aliphatic heterocycles. The molecule has 0 fully saturated rings. The summed E-state index contributed by atoms with van der Waals surface area (Å²) < 4.78 is 32.6. The van der Waals surface area contributed by atoms with E-state index in [0.29, 0.717) is 23.7 Å². The van der Waals surface area contributed by atoms with E-state index in [9.17, 15) is 8.78 Å². The number of alkyl halides is 2. The highest BCUT2D eigenvalue weighted by Crippen LogP contribution is 2.37. The van der Waals surface area contributed by atoms with Crippen molar-refractivity contribution in [1.82, 2.24) is 29.8 Å². The number of pyridine rings is 1. The van der Waals surface area contributed by atoms with Crippen LogP contribution in [0.3, 0.4) is 0 Å². The number of nitrogens with zero attached hydrogens (tertiary/aromatic N) is 6. The number of nitrogens with one attached hydrogen (secondary N) is 1. The second-order valence-corrected chi connectivity index (χ2v) is 6.50. The molecular weight excluding hydrogens is 380 g/mol. The molecule has 0 unspecified atom stereocenters. The second-order valence-electron chi connectivity index (χ2n) is 6.09. The Morgan fingerprint density at radius 2 is 2.22 bits per heavy atom. The SMILES string of the molecule is FC(F)c1nnc(N2CCc3[nH]cnc3[C@H]2c2cc3c(Cl)cccn3n2)o1. The van der Waals surface area contributed by atoms with Gasteiger partial charge in [0.1, 0.15) is 6.04 Å². The lowest BCUT2D eigenvalue weighted by atomic mass is 10.0. The topological polar surface area (TPSA) is 88.1 Å². The number of aromatic nitrogens is 6. The third-order valence-corrected chi connectivity index (χ3v) is 4.86. The molecule has 27 heavy (non-hydrogen) atoms. The van der Waals surface area contributed by atoms with Gasteiger partial charge in [0.25, 0.3) is 5.89 Å². The van der Waals surface area contributed by atoms with Gasteiger partial charge in [-0.25, -0.2) is 9.50 Å². The molecule has 138 valence electrons. The molecule has 0 saturated heterocycles. The van der Waals surface area contributed by atoms with Crippen LogP contribution >= 0.6 is 11.6 Å². The van der Waals surface area contributed by atoms with Gasteiger partial charge in [-0.15, -0.1) is 5.10 Å². The van der Waals surface area contributed by atoms with Gasteiger partial charge in [-0.05, 0) is 18.2 Å². The molecule has 8 nitrogen and oxygen atoms in total. The predicted octanol–water partition coefficient (Wildman–Crippen LogP) is 3.18. The number of hydrogen-bond donors (Lipinski definition) is 1. The van der Waals surface area contributed by atoms with E-state index in [1.807, 2.05) is 6.07 Å². The first-order valence-corrected chi connectivity index (χ1v) is 8.54. The second kappa shape index (κ2) is 6.02. The highest BCUT2D eigenvalue weighted by Gasteiger charge is 2.36. The van der Waals surface area contributed by atoms with Gasteiger partial charge in [0.15, 0.2) is 0 Å². The summed E-state index contributed by atoms with van der Waals surface area (Å²) in [6, 6.07) is 4.94. The van der Waals surface area contributed by atoms with E-state index in [1.54, 1.807) is 34.1 Å². The van der Waals surface area contributed by atoms with Crippen molar-refractivity contribution >= 4 is 23.1 Å². The van der Waals surface area contributed by atoms with Crippen molar-refractivity contribution < 1.29 is 13.2 Å². The molecule has 4 aromatic rings. The van der Waals surface area contributed by atoms with Crippen LogP contribution in [0.2, 0.25) is 5.02 Å². The number of aromatic amines is 1. The lowest BCUT2D eigenvalue weighted by Crippen LogP contribution is -2.36. The summed E-state index contributed by atoms with van der Waals surface area (Å²) in [6.07, 6.45) is 1.18. The van der Waals surface area contributed by atoms with Gasteiger partial charge in [-0.2, -0.15) is 13.9 Å². The fraction of sp³-hybridized carbons (Fsp3) is 0.250. The maximum Gasteiger partial charge on any atom is 0.319 e. The molecule has 1 aliphatic rings. The molecule has 0 aromatic carbocycles. The van der Waals surface area contributed by atoms with Gasteiger partial charge in [-0.3, -0.25) is 0 Å². The Morgan fingerprint density at radius 3 is 3.00 bits per heavy atom. The summed E-state index contributed by atoms with van der Waals surface area (Å²) in [5.74, 6) is -0.713. The van der Waals surface area contributed by atoms with Crippen LogP contribution in [0, 0.1) is 0 Å². The lowest BCUT2D eigenvalue weighted by Gasteiger charge is -2.32. The van der Waals surface area contributed by atoms with Gasteiger partial charge < -0.3 is 14.3 Å². The summed E-state index contributed by atoms with van der Waals surface area (Å²) >= 11 is 6.26. The third-order valence-electron chi connectivity index (χ3n) is 4.54. The van der Waals surface area contributed by atoms with E-state index in [0.717, 1.165) is 16.9 Å². The molecule has 1 N–H and O–H groups in total. The molecule has 4 aromatic heterocycles. The molecule has 0 saturated carbocycles. The largest absolute Gasteiger partial charge is 0.402 e. The first-order chi connectivity index (χ1) is 13.1. The molecule has 0 aliphatic carbocycles. The van der Waals surface area contributed by atoms with Crippen molar-refractivity contribution in [2.45, 2.75) is 18.9 Å². The lowest BCUT2D eigenvalue weighted by molar-refractivity contribution is 0.115. The van der Waals surface area contributed by atoms with Crippen molar-refractivity contribution in [3.05, 3.63) is 58.7 Å².